The van der Waals surface area contributed by atoms with Crippen molar-refractivity contribution in [3.05, 3.63) is 23.8 Å². The van der Waals surface area contributed by atoms with E-state index >= 15 is 0 Å². The van der Waals surface area contributed by atoms with E-state index in [4.69, 9.17) is 20.3 Å². The van der Waals surface area contributed by atoms with Gasteiger partial charge in [-0.25, -0.2) is 4.79 Å². The molecule has 0 bridgehead atoms. The first kappa shape index (κ1) is 14.3. The Hall–Kier alpha value is -1.75. The number of ether oxygens (including phenoxy) is 2. The molecule has 18 heavy (non-hydrogen) atoms. The smallest absolute Gasteiger partial charge is 0.338 e. The highest BCUT2D eigenvalue weighted by atomic mass is 16.5. The second-order valence-electron chi connectivity index (χ2n) is 4.13. The van der Waals surface area contributed by atoms with E-state index in [-0.39, 0.29) is 12.7 Å². The molecule has 5 nitrogen and oxygen atoms in total. The standard InChI is InChI=1S/C13H19NO4/c1-9(2)18-13(16)10-4-5-11(14)12(8-10)17-7-3-6-15/h4-5,8-9,15H,3,6-7,14H2,1-2H3. The van der Waals surface area contributed by atoms with Crippen molar-refractivity contribution < 1.29 is 19.4 Å². The van der Waals surface area contributed by atoms with Gasteiger partial charge < -0.3 is 20.3 Å². The van der Waals surface area contributed by atoms with Gasteiger partial charge in [-0.1, -0.05) is 0 Å². The molecule has 0 saturated carbocycles. The molecule has 0 saturated heterocycles. The molecule has 0 aliphatic rings. The van der Waals surface area contributed by atoms with Crippen LogP contribution in [0.3, 0.4) is 0 Å². The number of esters is 1. The number of rotatable bonds is 6. The Balaban J connectivity index is 2.76. The van der Waals surface area contributed by atoms with E-state index < -0.39 is 5.97 Å². The number of carbonyl (C=O) groups is 1. The second kappa shape index (κ2) is 6.86. The number of benzene rings is 1. The van der Waals surface area contributed by atoms with Crippen molar-refractivity contribution in [3.8, 4) is 5.75 Å². The molecule has 0 spiro atoms. The fourth-order valence-electron chi connectivity index (χ4n) is 1.32. The maximum atomic E-state index is 11.7. The van der Waals surface area contributed by atoms with Crippen LogP contribution in [-0.2, 0) is 4.74 Å². The van der Waals surface area contributed by atoms with Crippen molar-refractivity contribution in [1.82, 2.24) is 0 Å². The molecule has 0 radical (unpaired) electrons. The minimum Gasteiger partial charge on any atom is -0.491 e. The van der Waals surface area contributed by atoms with Gasteiger partial charge in [-0.05, 0) is 32.0 Å². The fourth-order valence-corrected chi connectivity index (χ4v) is 1.32. The van der Waals surface area contributed by atoms with Gasteiger partial charge in [0.2, 0.25) is 0 Å². The topological polar surface area (TPSA) is 81.8 Å². The normalized spacial score (nSPS) is 10.4. The third kappa shape index (κ3) is 4.25. The molecule has 0 amide bonds. The van der Waals surface area contributed by atoms with Crippen molar-refractivity contribution >= 4 is 11.7 Å². The Morgan fingerprint density at radius 3 is 2.78 bits per heavy atom. The monoisotopic (exact) mass is 253 g/mol. The summed E-state index contributed by atoms with van der Waals surface area (Å²) in [5, 5.41) is 8.67. The number of hydrogen-bond donors (Lipinski definition) is 2. The minimum atomic E-state index is -0.406. The largest absolute Gasteiger partial charge is 0.491 e. The maximum absolute atomic E-state index is 11.7. The molecule has 0 aliphatic heterocycles. The Labute approximate surface area is 107 Å². The number of nitrogens with two attached hydrogens (primary N) is 1. The van der Waals surface area contributed by atoms with Gasteiger partial charge in [0.15, 0.2) is 0 Å². The predicted octanol–water partition coefficient (Wildman–Crippen LogP) is 1.60. The summed E-state index contributed by atoms with van der Waals surface area (Å²) in [6.45, 7) is 3.97. The maximum Gasteiger partial charge on any atom is 0.338 e. The summed E-state index contributed by atoms with van der Waals surface area (Å²) in [5.41, 5.74) is 6.59. The number of anilines is 1. The van der Waals surface area contributed by atoms with Gasteiger partial charge in [0.1, 0.15) is 5.75 Å². The van der Waals surface area contributed by atoms with Crippen LogP contribution < -0.4 is 10.5 Å². The summed E-state index contributed by atoms with van der Waals surface area (Å²) in [4.78, 5) is 11.7. The van der Waals surface area contributed by atoms with Gasteiger partial charge in [0, 0.05) is 13.0 Å². The van der Waals surface area contributed by atoms with Gasteiger partial charge in [-0.2, -0.15) is 0 Å². The van der Waals surface area contributed by atoms with Gasteiger partial charge in [0.25, 0.3) is 0 Å². The molecule has 5 heteroatoms. The molecule has 0 unspecified atom stereocenters. The molecule has 3 N–H and O–H groups in total. The summed E-state index contributed by atoms with van der Waals surface area (Å²) >= 11 is 0. The third-order valence-electron chi connectivity index (χ3n) is 2.15. The van der Waals surface area contributed by atoms with Crippen molar-refractivity contribution in [2.24, 2.45) is 0 Å². The fraction of sp³-hybridized carbons (Fsp3) is 0.462. The van der Waals surface area contributed by atoms with Crippen molar-refractivity contribution in [1.29, 1.82) is 0 Å². The number of carbonyl (C=O) groups excluding carboxylic acids is 1. The highest BCUT2D eigenvalue weighted by molar-refractivity contribution is 5.90. The predicted molar refractivity (Wildman–Crippen MR) is 68.6 cm³/mol. The zero-order valence-corrected chi connectivity index (χ0v) is 10.7. The zero-order valence-electron chi connectivity index (χ0n) is 10.7. The van der Waals surface area contributed by atoms with Crippen LogP contribution in [0.25, 0.3) is 0 Å². The average Bonchev–Trinajstić information content (AvgIpc) is 2.30. The number of nitrogen functional groups attached to an aromatic ring is 1. The van der Waals surface area contributed by atoms with Crippen LogP contribution in [0, 0.1) is 0 Å². The summed E-state index contributed by atoms with van der Waals surface area (Å²) in [6.07, 6.45) is 0.342. The highest BCUT2D eigenvalue weighted by Gasteiger charge is 2.11. The Kier molecular flexibility index (Phi) is 5.45. The van der Waals surface area contributed by atoms with Crippen molar-refractivity contribution in [3.63, 3.8) is 0 Å². The molecular formula is C13H19NO4. The molecule has 100 valence electrons. The van der Waals surface area contributed by atoms with Crippen LogP contribution in [0.15, 0.2) is 18.2 Å². The van der Waals surface area contributed by atoms with E-state index in [1.807, 2.05) is 0 Å². The van der Waals surface area contributed by atoms with E-state index in [1.165, 1.54) is 0 Å². The summed E-state index contributed by atoms with van der Waals surface area (Å²) in [5.74, 6) is 0.0265. The van der Waals surface area contributed by atoms with Gasteiger partial charge in [0.05, 0.1) is 24.0 Å². The number of hydrogen-bond acceptors (Lipinski definition) is 5. The molecule has 0 heterocycles. The third-order valence-corrected chi connectivity index (χ3v) is 2.15. The Bertz CT molecular complexity index is 404. The number of aliphatic hydroxyl groups is 1. The van der Waals surface area contributed by atoms with Crippen LogP contribution in [0.4, 0.5) is 5.69 Å². The molecule has 0 aromatic heterocycles. The summed E-state index contributed by atoms with van der Waals surface area (Å²) in [7, 11) is 0. The SMILES string of the molecule is CC(C)OC(=O)c1ccc(N)c(OCCCO)c1. The van der Waals surface area contributed by atoms with E-state index in [1.54, 1.807) is 32.0 Å². The van der Waals surface area contributed by atoms with Gasteiger partial charge in [-0.15, -0.1) is 0 Å². The van der Waals surface area contributed by atoms with Crippen LogP contribution in [0.1, 0.15) is 30.6 Å². The molecule has 1 aromatic carbocycles. The average molecular weight is 253 g/mol. The molecule has 0 aliphatic carbocycles. The first-order valence-corrected chi connectivity index (χ1v) is 5.88. The first-order chi connectivity index (χ1) is 8.54. The van der Waals surface area contributed by atoms with Crippen LogP contribution in [0.2, 0.25) is 0 Å². The van der Waals surface area contributed by atoms with E-state index in [0.717, 1.165) is 0 Å². The quantitative estimate of drug-likeness (QED) is 0.457. The van der Waals surface area contributed by atoms with Gasteiger partial charge in [-0.3, -0.25) is 0 Å². The van der Waals surface area contributed by atoms with Crippen molar-refractivity contribution in [2.45, 2.75) is 26.4 Å². The van der Waals surface area contributed by atoms with Crippen LogP contribution >= 0.6 is 0 Å². The highest BCUT2D eigenvalue weighted by Crippen LogP contribution is 2.23. The second-order valence-corrected chi connectivity index (χ2v) is 4.13. The van der Waals surface area contributed by atoms with Crippen LogP contribution in [-0.4, -0.2) is 30.4 Å². The minimum absolute atomic E-state index is 0.0506. The zero-order chi connectivity index (χ0) is 13.5. The molecule has 0 atom stereocenters. The lowest BCUT2D eigenvalue weighted by molar-refractivity contribution is 0.0377. The van der Waals surface area contributed by atoms with E-state index in [0.29, 0.717) is 30.0 Å². The lowest BCUT2D eigenvalue weighted by Gasteiger charge is -2.11. The lowest BCUT2D eigenvalue weighted by Crippen LogP contribution is -2.12. The molecular weight excluding hydrogens is 234 g/mol. The Morgan fingerprint density at radius 1 is 1.44 bits per heavy atom. The number of aliphatic hydroxyl groups excluding tert-OH is 1. The van der Waals surface area contributed by atoms with Crippen LogP contribution in [0.5, 0.6) is 5.75 Å². The first-order valence-electron chi connectivity index (χ1n) is 5.88. The lowest BCUT2D eigenvalue weighted by atomic mass is 10.2. The molecule has 0 fully saturated rings. The summed E-state index contributed by atoms with van der Waals surface area (Å²) in [6, 6.07) is 4.75. The summed E-state index contributed by atoms with van der Waals surface area (Å²) < 4.78 is 10.5. The molecule has 1 rings (SSSR count). The van der Waals surface area contributed by atoms with Gasteiger partial charge >= 0.3 is 5.97 Å². The van der Waals surface area contributed by atoms with E-state index in [9.17, 15) is 4.79 Å². The van der Waals surface area contributed by atoms with Crippen molar-refractivity contribution in [2.75, 3.05) is 18.9 Å². The Morgan fingerprint density at radius 2 is 2.17 bits per heavy atom. The van der Waals surface area contributed by atoms with E-state index in [2.05, 4.69) is 0 Å². The molecule has 1 aromatic rings.